The van der Waals surface area contributed by atoms with Crippen molar-refractivity contribution >= 4 is 23.3 Å². The fraction of sp³-hybridized carbons (Fsp3) is 0.111. The number of nitrogens with one attached hydrogen (secondary N) is 2. The number of halogens is 1. The molecule has 1 aliphatic heterocycles. The van der Waals surface area contributed by atoms with E-state index in [2.05, 4.69) is 15.7 Å². The van der Waals surface area contributed by atoms with Crippen molar-refractivity contribution in [3.8, 4) is 17.2 Å². The van der Waals surface area contributed by atoms with E-state index in [0.717, 1.165) is 11.3 Å². The molecule has 26 heavy (non-hydrogen) atoms. The number of fused-ring (bicyclic) bond motifs is 1. The standard InChI is InChI=1S/C18H15ClN4O3/c19-14-9-13(3-4-15(14)23-7-1-6-21-23)22-18(24)20-10-12-2-5-16-17(8-12)26-11-25-16/h1-9H,10-11H2,(H2,20,22,24). The summed E-state index contributed by atoms with van der Waals surface area (Å²) in [7, 11) is 0. The van der Waals surface area contributed by atoms with Gasteiger partial charge in [0.25, 0.3) is 0 Å². The molecule has 2 heterocycles. The molecule has 1 aromatic heterocycles. The fourth-order valence-corrected chi connectivity index (χ4v) is 2.86. The molecule has 2 N–H and O–H groups in total. The summed E-state index contributed by atoms with van der Waals surface area (Å²) in [4.78, 5) is 12.1. The average molecular weight is 371 g/mol. The van der Waals surface area contributed by atoms with Crippen molar-refractivity contribution in [3.63, 3.8) is 0 Å². The number of carbonyl (C=O) groups excluding carboxylic acids is 1. The molecule has 7 nitrogen and oxygen atoms in total. The summed E-state index contributed by atoms with van der Waals surface area (Å²) in [6.45, 7) is 0.587. The van der Waals surface area contributed by atoms with Crippen LogP contribution >= 0.6 is 11.6 Å². The van der Waals surface area contributed by atoms with E-state index in [1.807, 2.05) is 24.3 Å². The monoisotopic (exact) mass is 370 g/mol. The van der Waals surface area contributed by atoms with Crippen LogP contribution in [0.5, 0.6) is 11.5 Å². The highest BCUT2D eigenvalue weighted by Gasteiger charge is 2.13. The Morgan fingerprint density at radius 2 is 2.08 bits per heavy atom. The van der Waals surface area contributed by atoms with Gasteiger partial charge in [0, 0.05) is 24.6 Å². The number of benzene rings is 2. The molecular formula is C18H15ClN4O3. The topological polar surface area (TPSA) is 77.4 Å². The summed E-state index contributed by atoms with van der Waals surface area (Å²) in [5, 5.41) is 10.2. The van der Waals surface area contributed by atoms with Gasteiger partial charge in [-0.25, -0.2) is 9.48 Å². The minimum Gasteiger partial charge on any atom is -0.454 e. The van der Waals surface area contributed by atoms with Crippen molar-refractivity contribution in [2.24, 2.45) is 0 Å². The SMILES string of the molecule is O=C(NCc1ccc2c(c1)OCO2)Nc1ccc(-n2cccn2)c(Cl)c1. The molecule has 0 atom stereocenters. The third kappa shape index (κ3) is 3.43. The van der Waals surface area contributed by atoms with Gasteiger partial charge in [0.1, 0.15) is 0 Å². The molecule has 132 valence electrons. The summed E-state index contributed by atoms with van der Waals surface area (Å²) in [6, 6.07) is 12.3. The predicted octanol–water partition coefficient (Wildman–Crippen LogP) is 3.58. The summed E-state index contributed by atoms with van der Waals surface area (Å²) in [6.07, 6.45) is 3.47. The minimum absolute atomic E-state index is 0.224. The Labute approximate surface area is 154 Å². The van der Waals surface area contributed by atoms with Crippen LogP contribution in [-0.4, -0.2) is 22.6 Å². The van der Waals surface area contributed by atoms with E-state index in [-0.39, 0.29) is 12.8 Å². The molecule has 0 bridgehead atoms. The molecule has 3 aromatic rings. The van der Waals surface area contributed by atoms with Crippen LogP contribution in [0.25, 0.3) is 5.69 Å². The largest absolute Gasteiger partial charge is 0.454 e. The third-order valence-corrected chi connectivity index (χ3v) is 4.15. The van der Waals surface area contributed by atoms with Crippen LogP contribution in [0.2, 0.25) is 5.02 Å². The summed E-state index contributed by atoms with van der Waals surface area (Å²) < 4.78 is 12.2. The highest BCUT2D eigenvalue weighted by Crippen LogP contribution is 2.32. The van der Waals surface area contributed by atoms with Gasteiger partial charge in [-0.1, -0.05) is 17.7 Å². The summed E-state index contributed by atoms with van der Waals surface area (Å²) in [5.41, 5.74) is 2.24. The second kappa shape index (κ2) is 6.97. The Morgan fingerprint density at radius 3 is 2.88 bits per heavy atom. The van der Waals surface area contributed by atoms with Crippen molar-refractivity contribution in [2.45, 2.75) is 6.54 Å². The van der Waals surface area contributed by atoms with E-state index >= 15 is 0 Å². The lowest BCUT2D eigenvalue weighted by Crippen LogP contribution is -2.28. The Kier molecular flexibility index (Phi) is 4.37. The maximum atomic E-state index is 12.1. The number of nitrogens with zero attached hydrogens (tertiary/aromatic N) is 2. The molecule has 0 aliphatic carbocycles. The number of hydrogen-bond donors (Lipinski definition) is 2. The van der Waals surface area contributed by atoms with Crippen LogP contribution in [0.15, 0.2) is 54.9 Å². The molecule has 0 radical (unpaired) electrons. The van der Waals surface area contributed by atoms with E-state index in [4.69, 9.17) is 21.1 Å². The highest BCUT2D eigenvalue weighted by molar-refractivity contribution is 6.32. The van der Waals surface area contributed by atoms with Gasteiger partial charge < -0.3 is 20.1 Å². The molecule has 0 saturated heterocycles. The van der Waals surface area contributed by atoms with Gasteiger partial charge in [-0.15, -0.1) is 0 Å². The van der Waals surface area contributed by atoms with E-state index in [9.17, 15) is 4.79 Å². The number of carbonyl (C=O) groups is 1. The average Bonchev–Trinajstić information content (AvgIpc) is 3.31. The number of anilines is 1. The van der Waals surface area contributed by atoms with Gasteiger partial charge in [0.05, 0.1) is 10.7 Å². The van der Waals surface area contributed by atoms with Crippen molar-refractivity contribution in [3.05, 3.63) is 65.4 Å². The number of aromatic nitrogens is 2. The molecular weight excluding hydrogens is 356 g/mol. The van der Waals surface area contributed by atoms with Crippen molar-refractivity contribution in [2.75, 3.05) is 12.1 Å². The Balaban J connectivity index is 1.37. The molecule has 1 aliphatic rings. The van der Waals surface area contributed by atoms with Crippen LogP contribution in [-0.2, 0) is 6.54 Å². The van der Waals surface area contributed by atoms with Gasteiger partial charge in [0.2, 0.25) is 6.79 Å². The zero-order chi connectivity index (χ0) is 17.9. The summed E-state index contributed by atoms with van der Waals surface area (Å²) in [5.74, 6) is 1.40. The van der Waals surface area contributed by atoms with Gasteiger partial charge >= 0.3 is 6.03 Å². The van der Waals surface area contributed by atoms with E-state index in [0.29, 0.717) is 28.8 Å². The van der Waals surface area contributed by atoms with Crippen LogP contribution < -0.4 is 20.1 Å². The van der Waals surface area contributed by atoms with Gasteiger partial charge in [-0.2, -0.15) is 5.10 Å². The number of amides is 2. The first-order valence-electron chi connectivity index (χ1n) is 7.92. The highest BCUT2D eigenvalue weighted by atomic mass is 35.5. The number of hydrogen-bond acceptors (Lipinski definition) is 4. The zero-order valence-corrected chi connectivity index (χ0v) is 14.4. The predicted molar refractivity (Wildman–Crippen MR) is 97.0 cm³/mol. The van der Waals surface area contributed by atoms with E-state index in [1.165, 1.54) is 0 Å². The maximum Gasteiger partial charge on any atom is 0.319 e. The van der Waals surface area contributed by atoms with E-state index < -0.39 is 0 Å². The summed E-state index contributed by atoms with van der Waals surface area (Å²) >= 11 is 6.27. The first-order valence-corrected chi connectivity index (χ1v) is 8.30. The van der Waals surface area contributed by atoms with Gasteiger partial charge in [0.15, 0.2) is 11.5 Å². The van der Waals surface area contributed by atoms with Crippen LogP contribution in [0.4, 0.5) is 10.5 Å². The second-order valence-corrected chi connectivity index (χ2v) is 6.02. The first-order chi connectivity index (χ1) is 12.7. The van der Waals surface area contributed by atoms with Crippen LogP contribution in [0.1, 0.15) is 5.56 Å². The minimum atomic E-state index is -0.328. The van der Waals surface area contributed by atoms with Gasteiger partial charge in [-0.05, 0) is 42.0 Å². The van der Waals surface area contributed by atoms with Crippen molar-refractivity contribution < 1.29 is 14.3 Å². The number of rotatable bonds is 4. The number of urea groups is 1. The van der Waals surface area contributed by atoms with Crippen molar-refractivity contribution in [1.29, 1.82) is 0 Å². The maximum absolute atomic E-state index is 12.1. The zero-order valence-electron chi connectivity index (χ0n) is 13.6. The molecule has 0 spiro atoms. The lowest BCUT2D eigenvalue weighted by atomic mass is 10.2. The van der Waals surface area contributed by atoms with Crippen molar-refractivity contribution in [1.82, 2.24) is 15.1 Å². The molecule has 0 unspecified atom stereocenters. The molecule has 2 amide bonds. The third-order valence-electron chi connectivity index (χ3n) is 3.85. The van der Waals surface area contributed by atoms with Gasteiger partial charge in [-0.3, -0.25) is 0 Å². The Bertz CT molecular complexity index is 944. The Morgan fingerprint density at radius 1 is 1.19 bits per heavy atom. The molecule has 4 rings (SSSR count). The normalized spacial score (nSPS) is 12.0. The van der Waals surface area contributed by atoms with Crippen LogP contribution in [0.3, 0.4) is 0 Å². The Hall–Kier alpha value is -3.19. The number of ether oxygens (including phenoxy) is 2. The smallest absolute Gasteiger partial charge is 0.319 e. The molecule has 2 aromatic carbocycles. The molecule has 8 heteroatoms. The fourth-order valence-electron chi connectivity index (χ4n) is 2.59. The molecule has 0 fully saturated rings. The first kappa shape index (κ1) is 16.3. The lowest BCUT2D eigenvalue weighted by Gasteiger charge is -2.10. The lowest BCUT2D eigenvalue weighted by molar-refractivity contribution is 0.174. The molecule has 0 saturated carbocycles. The van der Waals surface area contributed by atoms with E-state index in [1.54, 1.807) is 35.3 Å². The van der Waals surface area contributed by atoms with Crippen LogP contribution in [0, 0.1) is 0 Å². The second-order valence-electron chi connectivity index (χ2n) is 5.61. The quantitative estimate of drug-likeness (QED) is 0.736.